The van der Waals surface area contributed by atoms with E-state index in [9.17, 15) is 9.90 Å². The lowest BCUT2D eigenvalue weighted by atomic mass is 9.71. The SMILES string of the molecule is CC/C(C1=Nc2ccccc2C1(C)C)=C1\C(=O)C(C(/CC)=C2/Nc3ccccc3C2(C)C)=C1O. The Balaban J connectivity index is 1.64. The van der Waals surface area contributed by atoms with E-state index in [0.29, 0.717) is 24.0 Å². The number of hydrogen-bond donors (Lipinski definition) is 2. The maximum absolute atomic E-state index is 13.7. The van der Waals surface area contributed by atoms with E-state index in [-0.39, 0.29) is 22.4 Å². The quantitative estimate of drug-likeness (QED) is 0.482. The minimum Gasteiger partial charge on any atom is -0.506 e. The number of allylic oxidation sites excluding steroid dienone is 5. The molecule has 5 rings (SSSR count). The molecule has 0 fully saturated rings. The van der Waals surface area contributed by atoms with Gasteiger partial charge in [0.2, 0.25) is 5.78 Å². The molecule has 4 nitrogen and oxygen atoms in total. The fraction of sp³-hybridized carbons (Fsp3) is 0.333. The predicted octanol–water partition coefficient (Wildman–Crippen LogP) is 7.22. The summed E-state index contributed by atoms with van der Waals surface area (Å²) >= 11 is 0. The predicted molar refractivity (Wildman–Crippen MR) is 139 cm³/mol. The van der Waals surface area contributed by atoms with Crippen LogP contribution in [0.15, 0.2) is 87.3 Å². The fourth-order valence-electron chi connectivity index (χ4n) is 5.85. The van der Waals surface area contributed by atoms with Crippen LogP contribution in [-0.4, -0.2) is 16.6 Å². The Labute approximate surface area is 201 Å². The van der Waals surface area contributed by atoms with Crippen LogP contribution in [-0.2, 0) is 15.6 Å². The van der Waals surface area contributed by atoms with Gasteiger partial charge in [-0.1, -0.05) is 77.9 Å². The zero-order valence-corrected chi connectivity index (χ0v) is 20.8. The van der Waals surface area contributed by atoms with Gasteiger partial charge >= 0.3 is 0 Å². The molecule has 2 aromatic carbocycles. The van der Waals surface area contributed by atoms with Crippen molar-refractivity contribution in [2.45, 2.75) is 65.2 Å². The molecular formula is C30H32N2O2. The van der Waals surface area contributed by atoms with Crippen molar-refractivity contribution < 1.29 is 9.90 Å². The van der Waals surface area contributed by atoms with Gasteiger partial charge in [0.1, 0.15) is 5.76 Å². The van der Waals surface area contributed by atoms with Gasteiger partial charge in [-0.05, 0) is 47.2 Å². The van der Waals surface area contributed by atoms with Crippen LogP contribution in [0.25, 0.3) is 0 Å². The highest BCUT2D eigenvalue weighted by molar-refractivity contribution is 6.27. The van der Waals surface area contributed by atoms with Gasteiger partial charge < -0.3 is 10.4 Å². The van der Waals surface area contributed by atoms with Crippen molar-refractivity contribution in [3.05, 3.63) is 93.4 Å². The van der Waals surface area contributed by atoms with Crippen molar-refractivity contribution in [3.63, 3.8) is 0 Å². The number of carbonyl (C=O) groups excluding carboxylic acids is 1. The van der Waals surface area contributed by atoms with E-state index in [4.69, 9.17) is 4.99 Å². The molecule has 0 atom stereocenters. The van der Waals surface area contributed by atoms with Crippen molar-refractivity contribution in [2.75, 3.05) is 5.32 Å². The third-order valence-corrected chi connectivity index (χ3v) is 7.71. The van der Waals surface area contributed by atoms with Gasteiger partial charge in [-0.25, -0.2) is 0 Å². The molecule has 0 bridgehead atoms. The van der Waals surface area contributed by atoms with Crippen molar-refractivity contribution in [1.29, 1.82) is 0 Å². The second kappa shape index (κ2) is 7.56. The molecule has 2 aromatic rings. The lowest BCUT2D eigenvalue weighted by molar-refractivity contribution is -0.113. The average Bonchev–Trinajstić information content (AvgIpc) is 3.25. The number of para-hydroxylation sites is 2. The number of aliphatic imine (C=N–C) groups is 1. The molecule has 0 saturated carbocycles. The first kappa shape index (κ1) is 22.4. The summed E-state index contributed by atoms with van der Waals surface area (Å²) in [5, 5.41) is 14.9. The Morgan fingerprint density at radius 3 is 2.09 bits per heavy atom. The van der Waals surface area contributed by atoms with Crippen molar-refractivity contribution in [3.8, 4) is 0 Å². The molecule has 3 aliphatic rings. The number of nitrogens with one attached hydrogen (secondary N) is 1. The van der Waals surface area contributed by atoms with Gasteiger partial charge in [-0.2, -0.15) is 0 Å². The zero-order chi connectivity index (χ0) is 24.4. The molecule has 0 aromatic heterocycles. The van der Waals surface area contributed by atoms with Crippen LogP contribution in [0, 0.1) is 0 Å². The lowest BCUT2D eigenvalue weighted by Crippen LogP contribution is -2.33. The van der Waals surface area contributed by atoms with E-state index in [2.05, 4.69) is 51.2 Å². The average molecular weight is 453 g/mol. The summed E-state index contributed by atoms with van der Waals surface area (Å²) in [4.78, 5) is 18.6. The van der Waals surface area contributed by atoms with E-state index < -0.39 is 0 Å². The van der Waals surface area contributed by atoms with Crippen LogP contribution < -0.4 is 5.32 Å². The van der Waals surface area contributed by atoms with Gasteiger partial charge in [-0.3, -0.25) is 9.79 Å². The maximum atomic E-state index is 13.7. The molecule has 4 heteroatoms. The number of rotatable bonds is 4. The molecule has 0 amide bonds. The molecular weight excluding hydrogens is 420 g/mol. The number of Topliss-reactive ketones (excluding diaryl/α,β-unsaturated/α-hetero) is 1. The highest BCUT2D eigenvalue weighted by Crippen LogP contribution is 2.50. The van der Waals surface area contributed by atoms with Crippen LogP contribution in [0.2, 0.25) is 0 Å². The minimum atomic E-state index is -0.325. The highest BCUT2D eigenvalue weighted by atomic mass is 16.3. The normalized spacial score (nSPS) is 22.5. The third-order valence-electron chi connectivity index (χ3n) is 7.71. The number of hydrogen-bond acceptors (Lipinski definition) is 4. The first-order valence-corrected chi connectivity index (χ1v) is 12.2. The zero-order valence-electron chi connectivity index (χ0n) is 20.8. The molecule has 174 valence electrons. The van der Waals surface area contributed by atoms with Crippen molar-refractivity contribution in [1.82, 2.24) is 0 Å². The van der Waals surface area contributed by atoms with Crippen molar-refractivity contribution in [2.24, 2.45) is 4.99 Å². The number of benzene rings is 2. The Kier molecular flexibility index (Phi) is 4.98. The van der Waals surface area contributed by atoms with Crippen LogP contribution in [0.4, 0.5) is 11.4 Å². The van der Waals surface area contributed by atoms with Crippen LogP contribution in [0.3, 0.4) is 0 Å². The summed E-state index contributed by atoms with van der Waals surface area (Å²) in [5.74, 6) is 0.0240. The van der Waals surface area contributed by atoms with Crippen LogP contribution in [0.1, 0.15) is 65.5 Å². The summed E-state index contributed by atoms with van der Waals surface area (Å²) in [6, 6.07) is 16.4. The molecule has 34 heavy (non-hydrogen) atoms. The topological polar surface area (TPSA) is 61.7 Å². The van der Waals surface area contributed by atoms with Crippen LogP contribution >= 0.6 is 0 Å². The first-order valence-electron chi connectivity index (χ1n) is 12.2. The van der Waals surface area contributed by atoms with Crippen LogP contribution in [0.5, 0.6) is 0 Å². The maximum Gasteiger partial charge on any atom is 0.201 e. The molecule has 1 aliphatic carbocycles. The number of aliphatic hydroxyl groups excluding tert-OH is 1. The van der Waals surface area contributed by atoms with E-state index in [1.54, 1.807) is 0 Å². The van der Waals surface area contributed by atoms with Gasteiger partial charge in [0.15, 0.2) is 0 Å². The second-order valence-corrected chi connectivity index (χ2v) is 10.4. The van der Waals surface area contributed by atoms with E-state index >= 15 is 0 Å². The number of ketones is 1. The summed E-state index contributed by atoms with van der Waals surface area (Å²) in [6.07, 6.45) is 1.28. The second-order valence-electron chi connectivity index (χ2n) is 10.4. The van der Waals surface area contributed by atoms with E-state index in [0.717, 1.165) is 39.5 Å². The smallest absolute Gasteiger partial charge is 0.201 e. The number of fused-ring (bicyclic) bond motifs is 2. The molecule has 2 N–H and O–H groups in total. The summed E-state index contributed by atoms with van der Waals surface area (Å²) in [5.41, 5.74) is 8.23. The Morgan fingerprint density at radius 2 is 1.50 bits per heavy atom. The highest BCUT2D eigenvalue weighted by Gasteiger charge is 2.45. The molecule has 0 unspecified atom stereocenters. The summed E-state index contributed by atoms with van der Waals surface area (Å²) in [7, 11) is 0. The Hall–Kier alpha value is -3.40. The molecule has 0 radical (unpaired) electrons. The molecule has 0 spiro atoms. The van der Waals surface area contributed by atoms with Gasteiger partial charge in [0, 0.05) is 22.2 Å². The summed E-state index contributed by atoms with van der Waals surface area (Å²) in [6.45, 7) is 12.7. The minimum absolute atomic E-state index is 0.0817. The van der Waals surface area contributed by atoms with E-state index in [1.807, 2.05) is 44.2 Å². The molecule has 2 heterocycles. The largest absolute Gasteiger partial charge is 0.506 e. The fourth-order valence-corrected chi connectivity index (χ4v) is 5.85. The monoisotopic (exact) mass is 452 g/mol. The van der Waals surface area contributed by atoms with Gasteiger partial charge in [0.25, 0.3) is 0 Å². The summed E-state index contributed by atoms with van der Waals surface area (Å²) < 4.78 is 0. The number of nitrogens with zero attached hydrogens (tertiary/aromatic N) is 1. The third kappa shape index (κ3) is 2.91. The molecule has 2 aliphatic heterocycles. The van der Waals surface area contributed by atoms with Crippen molar-refractivity contribution >= 4 is 22.9 Å². The van der Waals surface area contributed by atoms with Gasteiger partial charge in [-0.15, -0.1) is 0 Å². The Bertz CT molecular complexity index is 1370. The van der Waals surface area contributed by atoms with Gasteiger partial charge in [0.05, 0.1) is 22.5 Å². The number of anilines is 1. The number of aliphatic hydroxyl groups is 1. The lowest BCUT2D eigenvalue weighted by Gasteiger charge is -2.32. The molecule has 0 saturated heterocycles. The number of carbonyl (C=O) groups is 1. The standard InChI is InChI=1S/C30H32N2O2/c1-7-17(27-29(3,4)19-13-9-11-15-21(19)31-27)23-25(33)24(26(23)34)18(8-2)28-30(5,6)20-14-10-12-16-22(20)32-28/h9-16,31,33H,7-8H2,1-6H3/b24-18+,27-17+. The first-order chi connectivity index (χ1) is 16.1. The Morgan fingerprint density at radius 1 is 0.882 bits per heavy atom. The van der Waals surface area contributed by atoms with E-state index in [1.165, 1.54) is 5.56 Å².